The molecule has 1 aromatic rings. The van der Waals surface area contributed by atoms with Crippen LogP contribution in [-0.4, -0.2) is 31.7 Å². The standard InChI is InChI=1S/C9H16N2O4S2/c1-6-7(16-8(13)11-6)17(14,15)10-4-9(2,3)5-12/h10,12H,4-5H2,1-3H3,(H,11,13). The molecule has 0 spiro atoms. The van der Waals surface area contributed by atoms with E-state index in [1.54, 1.807) is 13.8 Å². The van der Waals surface area contributed by atoms with Crippen molar-refractivity contribution in [2.45, 2.75) is 25.0 Å². The van der Waals surface area contributed by atoms with Crippen LogP contribution in [0.3, 0.4) is 0 Å². The van der Waals surface area contributed by atoms with Crippen molar-refractivity contribution >= 4 is 21.4 Å². The van der Waals surface area contributed by atoms with E-state index in [0.29, 0.717) is 17.0 Å². The van der Waals surface area contributed by atoms with E-state index in [-0.39, 0.29) is 17.4 Å². The van der Waals surface area contributed by atoms with Gasteiger partial charge in [-0.2, -0.15) is 0 Å². The summed E-state index contributed by atoms with van der Waals surface area (Å²) < 4.78 is 26.2. The number of aromatic amines is 1. The number of H-pyrrole nitrogens is 1. The zero-order valence-corrected chi connectivity index (χ0v) is 11.5. The molecule has 1 heterocycles. The number of hydrogen-bond donors (Lipinski definition) is 3. The van der Waals surface area contributed by atoms with E-state index in [9.17, 15) is 13.2 Å². The Morgan fingerprint density at radius 1 is 1.47 bits per heavy atom. The molecule has 0 aromatic carbocycles. The van der Waals surface area contributed by atoms with Crippen LogP contribution in [0.15, 0.2) is 9.00 Å². The lowest BCUT2D eigenvalue weighted by atomic mass is 9.96. The number of rotatable bonds is 5. The molecule has 1 aromatic heterocycles. The van der Waals surface area contributed by atoms with Crippen LogP contribution in [0.5, 0.6) is 0 Å². The molecule has 0 saturated carbocycles. The van der Waals surface area contributed by atoms with Gasteiger partial charge in [-0.05, 0) is 6.92 Å². The smallest absolute Gasteiger partial charge is 0.305 e. The molecule has 0 fully saturated rings. The molecule has 0 aliphatic carbocycles. The Hall–Kier alpha value is -0.700. The largest absolute Gasteiger partial charge is 0.396 e. The van der Waals surface area contributed by atoms with E-state index < -0.39 is 20.3 Å². The molecule has 0 bridgehead atoms. The van der Waals surface area contributed by atoms with Crippen LogP contribution in [0.2, 0.25) is 0 Å². The summed E-state index contributed by atoms with van der Waals surface area (Å²) in [4.78, 5) is 13.1. The molecular weight excluding hydrogens is 264 g/mol. The molecular formula is C9H16N2O4S2. The predicted molar refractivity (Wildman–Crippen MR) is 65.7 cm³/mol. The topological polar surface area (TPSA) is 99.3 Å². The van der Waals surface area contributed by atoms with Crippen LogP contribution in [0.4, 0.5) is 0 Å². The van der Waals surface area contributed by atoms with Crippen LogP contribution < -0.4 is 9.60 Å². The molecule has 8 heteroatoms. The lowest BCUT2D eigenvalue weighted by Crippen LogP contribution is -2.36. The summed E-state index contributed by atoms with van der Waals surface area (Å²) in [6.07, 6.45) is 0. The van der Waals surface area contributed by atoms with E-state index in [0.717, 1.165) is 0 Å². The molecule has 1 rings (SSSR count). The fraction of sp³-hybridized carbons (Fsp3) is 0.667. The third-order valence-electron chi connectivity index (χ3n) is 2.19. The molecule has 0 atom stereocenters. The molecule has 6 nitrogen and oxygen atoms in total. The van der Waals surface area contributed by atoms with Gasteiger partial charge in [-0.3, -0.25) is 4.79 Å². The predicted octanol–water partition coefficient (Wildman–Crippen LogP) is 0.0416. The van der Waals surface area contributed by atoms with E-state index in [1.807, 2.05) is 0 Å². The van der Waals surface area contributed by atoms with Crippen LogP contribution in [0.25, 0.3) is 0 Å². The minimum atomic E-state index is -3.69. The van der Waals surface area contributed by atoms with Crippen molar-refractivity contribution in [2.24, 2.45) is 5.41 Å². The Morgan fingerprint density at radius 3 is 2.47 bits per heavy atom. The highest BCUT2D eigenvalue weighted by atomic mass is 32.2. The number of aliphatic hydroxyl groups excluding tert-OH is 1. The van der Waals surface area contributed by atoms with Gasteiger partial charge in [-0.15, -0.1) is 0 Å². The first-order valence-electron chi connectivity index (χ1n) is 4.98. The van der Waals surface area contributed by atoms with Crippen molar-refractivity contribution in [1.29, 1.82) is 0 Å². The first-order valence-corrected chi connectivity index (χ1v) is 7.28. The number of nitrogens with one attached hydrogen (secondary N) is 2. The minimum Gasteiger partial charge on any atom is -0.396 e. The minimum absolute atomic E-state index is 0.00348. The van der Waals surface area contributed by atoms with Gasteiger partial charge in [0.25, 0.3) is 10.0 Å². The molecule has 0 radical (unpaired) electrons. The van der Waals surface area contributed by atoms with Gasteiger partial charge in [0.2, 0.25) is 0 Å². The quantitative estimate of drug-likeness (QED) is 0.709. The summed E-state index contributed by atoms with van der Waals surface area (Å²) in [5.74, 6) is 0. The highest BCUT2D eigenvalue weighted by Gasteiger charge is 2.24. The first-order chi connectivity index (χ1) is 7.68. The second kappa shape index (κ2) is 4.89. The zero-order valence-electron chi connectivity index (χ0n) is 9.90. The Labute approximate surface area is 104 Å². The number of aryl methyl sites for hydroxylation is 1. The van der Waals surface area contributed by atoms with Gasteiger partial charge in [0.15, 0.2) is 4.21 Å². The highest BCUT2D eigenvalue weighted by molar-refractivity contribution is 7.91. The van der Waals surface area contributed by atoms with Gasteiger partial charge in [-0.25, -0.2) is 13.1 Å². The molecule has 0 unspecified atom stereocenters. The molecule has 3 N–H and O–H groups in total. The maximum Gasteiger partial charge on any atom is 0.305 e. The third kappa shape index (κ3) is 3.63. The van der Waals surface area contributed by atoms with E-state index in [1.165, 1.54) is 6.92 Å². The second-order valence-electron chi connectivity index (χ2n) is 4.57. The fourth-order valence-corrected chi connectivity index (χ4v) is 3.64. The van der Waals surface area contributed by atoms with E-state index in [2.05, 4.69) is 9.71 Å². The Kier molecular flexibility index (Phi) is 4.13. The normalized spacial score (nSPS) is 12.9. The maximum absolute atomic E-state index is 11.9. The molecule has 17 heavy (non-hydrogen) atoms. The van der Waals surface area contributed by atoms with Crippen LogP contribution in [0, 0.1) is 12.3 Å². The van der Waals surface area contributed by atoms with Crippen molar-refractivity contribution in [3.63, 3.8) is 0 Å². The summed E-state index contributed by atoms with van der Waals surface area (Å²) in [5, 5.41) is 9.03. The van der Waals surface area contributed by atoms with Crippen molar-refractivity contribution in [2.75, 3.05) is 13.2 Å². The lowest BCUT2D eigenvalue weighted by Gasteiger charge is -2.21. The van der Waals surface area contributed by atoms with E-state index >= 15 is 0 Å². The van der Waals surface area contributed by atoms with Gasteiger partial charge < -0.3 is 10.1 Å². The van der Waals surface area contributed by atoms with Crippen molar-refractivity contribution in [3.8, 4) is 0 Å². The van der Waals surface area contributed by atoms with Crippen molar-refractivity contribution < 1.29 is 13.5 Å². The van der Waals surface area contributed by atoms with Gasteiger partial charge in [0, 0.05) is 24.3 Å². The summed E-state index contributed by atoms with van der Waals surface area (Å²) in [6, 6.07) is 0. The van der Waals surface area contributed by atoms with Crippen LogP contribution in [-0.2, 0) is 10.0 Å². The van der Waals surface area contributed by atoms with Crippen molar-refractivity contribution in [1.82, 2.24) is 9.71 Å². The van der Waals surface area contributed by atoms with Crippen LogP contribution >= 0.6 is 11.3 Å². The Balaban J connectivity index is 2.91. The SMILES string of the molecule is Cc1[nH]c(=O)sc1S(=O)(=O)NCC(C)(C)CO. The maximum atomic E-state index is 11.9. The third-order valence-corrected chi connectivity index (χ3v) is 5.20. The monoisotopic (exact) mass is 280 g/mol. The second-order valence-corrected chi connectivity index (χ2v) is 7.52. The molecule has 0 amide bonds. The van der Waals surface area contributed by atoms with Crippen LogP contribution in [0.1, 0.15) is 19.5 Å². The molecule has 0 aliphatic rings. The average molecular weight is 280 g/mol. The fourth-order valence-electron chi connectivity index (χ4n) is 1.06. The summed E-state index contributed by atoms with van der Waals surface area (Å²) in [5.41, 5.74) is -0.211. The molecule has 0 saturated heterocycles. The highest BCUT2D eigenvalue weighted by Crippen LogP contribution is 2.18. The zero-order chi connectivity index (χ0) is 13.3. The lowest BCUT2D eigenvalue weighted by molar-refractivity contribution is 0.163. The molecule has 98 valence electrons. The Morgan fingerprint density at radius 2 is 2.06 bits per heavy atom. The first kappa shape index (κ1) is 14.4. The summed E-state index contributed by atoms with van der Waals surface area (Å²) >= 11 is 0.655. The number of hydrogen-bond acceptors (Lipinski definition) is 5. The number of aliphatic hydroxyl groups is 1. The number of thiazole rings is 1. The van der Waals surface area contributed by atoms with Gasteiger partial charge >= 0.3 is 4.87 Å². The van der Waals surface area contributed by atoms with Gasteiger partial charge in [0.05, 0.1) is 0 Å². The van der Waals surface area contributed by atoms with Gasteiger partial charge in [-0.1, -0.05) is 25.2 Å². The summed E-state index contributed by atoms with van der Waals surface area (Å²) in [6.45, 7) is 4.99. The summed E-state index contributed by atoms with van der Waals surface area (Å²) in [7, 11) is -3.69. The average Bonchev–Trinajstić information content (AvgIpc) is 2.56. The Bertz CT molecular complexity index is 542. The molecule has 0 aliphatic heterocycles. The van der Waals surface area contributed by atoms with E-state index in [4.69, 9.17) is 5.11 Å². The van der Waals surface area contributed by atoms with Crippen molar-refractivity contribution in [3.05, 3.63) is 15.4 Å². The van der Waals surface area contributed by atoms with Gasteiger partial charge in [0.1, 0.15) is 0 Å². The number of sulfonamides is 1. The number of aromatic nitrogens is 1.